The zero-order chi connectivity index (χ0) is 18.8. The van der Waals surface area contributed by atoms with Crippen molar-refractivity contribution in [2.75, 3.05) is 0 Å². The van der Waals surface area contributed by atoms with E-state index in [0.29, 0.717) is 5.57 Å². The molecule has 26 heavy (non-hydrogen) atoms. The minimum atomic E-state index is 0.678. The highest BCUT2D eigenvalue weighted by Gasteiger charge is 2.11. The van der Waals surface area contributed by atoms with E-state index in [0.717, 1.165) is 32.7 Å². The van der Waals surface area contributed by atoms with Gasteiger partial charge in [0.2, 0.25) is 0 Å². The van der Waals surface area contributed by atoms with Crippen LogP contribution in [0.3, 0.4) is 0 Å². The van der Waals surface area contributed by atoms with Gasteiger partial charge >= 0.3 is 0 Å². The predicted octanol–water partition coefficient (Wildman–Crippen LogP) is 6.54. The molecule has 3 heteroatoms. The van der Waals surface area contributed by atoms with Crippen molar-refractivity contribution in [2.45, 2.75) is 27.7 Å². The van der Waals surface area contributed by atoms with Crippen LogP contribution < -0.4 is 0 Å². The van der Waals surface area contributed by atoms with E-state index >= 15 is 0 Å². The van der Waals surface area contributed by atoms with E-state index < -0.39 is 0 Å². The Morgan fingerprint density at radius 3 is 2.31 bits per heavy atom. The summed E-state index contributed by atoms with van der Waals surface area (Å²) < 4.78 is 3.34. The van der Waals surface area contributed by atoms with Crippen molar-refractivity contribution >= 4 is 27.6 Å². The fourth-order valence-electron chi connectivity index (χ4n) is 3.17. The Bertz CT molecular complexity index is 1030. The number of nitriles is 1. The minimum absolute atomic E-state index is 0.678. The fraction of sp³-hybridized carbons (Fsp3) is 0.174. The molecule has 1 aromatic heterocycles. The SMILES string of the molecule is Cc1ccc(/C(C#N)=C\c2cc(C)n(-c3ccc(Br)c(C)c3)c2C)cc1. The molecule has 0 bridgehead atoms. The van der Waals surface area contributed by atoms with Crippen molar-refractivity contribution in [3.8, 4) is 11.8 Å². The number of halogens is 1. The Kier molecular flexibility index (Phi) is 5.15. The van der Waals surface area contributed by atoms with Gasteiger partial charge in [0, 0.05) is 21.5 Å². The summed E-state index contributed by atoms with van der Waals surface area (Å²) in [7, 11) is 0. The topological polar surface area (TPSA) is 28.7 Å². The van der Waals surface area contributed by atoms with Gasteiger partial charge in [-0.3, -0.25) is 0 Å². The Morgan fingerprint density at radius 1 is 1.00 bits per heavy atom. The second-order valence-corrected chi connectivity index (χ2v) is 7.49. The Balaban J connectivity index is 2.08. The summed E-state index contributed by atoms with van der Waals surface area (Å²) in [6.45, 7) is 8.33. The lowest BCUT2D eigenvalue weighted by Crippen LogP contribution is -1.99. The molecule has 0 radical (unpaired) electrons. The quantitative estimate of drug-likeness (QED) is 0.455. The number of allylic oxidation sites excluding steroid dienone is 1. The van der Waals surface area contributed by atoms with Gasteiger partial charge in [-0.1, -0.05) is 45.8 Å². The van der Waals surface area contributed by atoms with E-state index in [1.54, 1.807) is 0 Å². The average Bonchev–Trinajstić information content (AvgIpc) is 2.90. The third kappa shape index (κ3) is 3.52. The number of rotatable bonds is 3. The molecule has 3 aromatic rings. The average molecular weight is 405 g/mol. The largest absolute Gasteiger partial charge is 0.318 e. The summed E-state index contributed by atoms with van der Waals surface area (Å²) in [5, 5.41) is 9.63. The van der Waals surface area contributed by atoms with E-state index in [4.69, 9.17) is 0 Å². The van der Waals surface area contributed by atoms with Crippen molar-refractivity contribution < 1.29 is 0 Å². The third-order valence-electron chi connectivity index (χ3n) is 4.65. The fourth-order valence-corrected chi connectivity index (χ4v) is 3.41. The van der Waals surface area contributed by atoms with Gasteiger partial charge in [-0.25, -0.2) is 0 Å². The lowest BCUT2D eigenvalue weighted by atomic mass is 10.0. The zero-order valence-corrected chi connectivity index (χ0v) is 17.1. The number of aromatic nitrogens is 1. The van der Waals surface area contributed by atoms with Crippen molar-refractivity contribution in [3.63, 3.8) is 0 Å². The summed E-state index contributed by atoms with van der Waals surface area (Å²) in [6, 6.07) is 18.9. The summed E-state index contributed by atoms with van der Waals surface area (Å²) in [5.74, 6) is 0. The first-order valence-electron chi connectivity index (χ1n) is 8.55. The van der Waals surface area contributed by atoms with Gasteiger partial charge in [-0.2, -0.15) is 5.26 Å². The number of aryl methyl sites for hydroxylation is 3. The maximum Gasteiger partial charge on any atom is 0.0998 e. The molecule has 0 aliphatic heterocycles. The second kappa shape index (κ2) is 7.35. The second-order valence-electron chi connectivity index (χ2n) is 6.63. The maximum absolute atomic E-state index is 9.63. The first-order chi connectivity index (χ1) is 12.4. The summed E-state index contributed by atoms with van der Waals surface area (Å²) in [6.07, 6.45) is 1.98. The van der Waals surface area contributed by atoms with E-state index in [1.807, 2.05) is 37.3 Å². The standard InChI is InChI=1S/C23H21BrN2/c1-15-5-7-19(8-6-15)21(14-25)13-20-12-17(3)26(18(20)4)22-9-10-23(24)16(2)11-22/h5-13H,1-4H3/b21-13-. The van der Waals surface area contributed by atoms with Crippen molar-refractivity contribution in [1.29, 1.82) is 5.26 Å². The van der Waals surface area contributed by atoms with Crippen LogP contribution in [0.4, 0.5) is 0 Å². The van der Waals surface area contributed by atoms with Gasteiger partial charge in [-0.15, -0.1) is 0 Å². The predicted molar refractivity (Wildman–Crippen MR) is 112 cm³/mol. The molecule has 0 atom stereocenters. The molecule has 0 saturated carbocycles. The van der Waals surface area contributed by atoms with Crippen LogP contribution in [0.2, 0.25) is 0 Å². The molecule has 0 saturated heterocycles. The maximum atomic E-state index is 9.63. The summed E-state index contributed by atoms with van der Waals surface area (Å²) >= 11 is 3.56. The van der Waals surface area contributed by atoms with E-state index in [2.05, 4.69) is 71.6 Å². The third-order valence-corrected chi connectivity index (χ3v) is 5.54. The van der Waals surface area contributed by atoms with Crippen molar-refractivity contribution in [1.82, 2.24) is 4.57 Å². The van der Waals surface area contributed by atoms with Gasteiger partial charge in [0.05, 0.1) is 11.6 Å². The molecule has 130 valence electrons. The van der Waals surface area contributed by atoms with Crippen LogP contribution in [0.15, 0.2) is 53.0 Å². The van der Waals surface area contributed by atoms with Crippen molar-refractivity contribution in [3.05, 3.63) is 86.6 Å². The normalized spacial score (nSPS) is 11.5. The molecule has 2 nitrogen and oxygen atoms in total. The van der Waals surface area contributed by atoms with Gasteiger partial charge in [0.15, 0.2) is 0 Å². The zero-order valence-electron chi connectivity index (χ0n) is 15.5. The Morgan fingerprint density at radius 2 is 1.69 bits per heavy atom. The summed E-state index contributed by atoms with van der Waals surface area (Å²) in [5.41, 5.74) is 8.49. The van der Waals surface area contributed by atoms with Crippen LogP contribution in [-0.4, -0.2) is 4.57 Å². The molecule has 0 fully saturated rings. The highest BCUT2D eigenvalue weighted by Crippen LogP contribution is 2.27. The molecule has 1 heterocycles. The van der Waals surface area contributed by atoms with Crippen LogP contribution >= 0.6 is 15.9 Å². The van der Waals surface area contributed by atoms with Crippen LogP contribution in [0.25, 0.3) is 17.3 Å². The highest BCUT2D eigenvalue weighted by atomic mass is 79.9. The lowest BCUT2D eigenvalue weighted by Gasteiger charge is -2.11. The molecule has 0 amide bonds. The minimum Gasteiger partial charge on any atom is -0.318 e. The van der Waals surface area contributed by atoms with E-state index in [1.165, 1.54) is 11.1 Å². The molecule has 2 aromatic carbocycles. The van der Waals surface area contributed by atoms with Crippen LogP contribution in [0.1, 0.15) is 33.6 Å². The Hall–Kier alpha value is -2.57. The van der Waals surface area contributed by atoms with Gasteiger partial charge in [-0.05, 0) is 74.7 Å². The first kappa shape index (κ1) is 18.2. The molecule has 0 N–H and O–H groups in total. The first-order valence-corrected chi connectivity index (χ1v) is 9.34. The van der Waals surface area contributed by atoms with Crippen LogP contribution in [0, 0.1) is 39.0 Å². The smallest absolute Gasteiger partial charge is 0.0998 e. The van der Waals surface area contributed by atoms with E-state index in [9.17, 15) is 5.26 Å². The number of nitrogens with zero attached hydrogens (tertiary/aromatic N) is 2. The molecule has 0 aliphatic rings. The van der Waals surface area contributed by atoms with Crippen molar-refractivity contribution in [2.24, 2.45) is 0 Å². The molecular weight excluding hydrogens is 384 g/mol. The molecule has 0 spiro atoms. The summed E-state index contributed by atoms with van der Waals surface area (Å²) in [4.78, 5) is 0. The monoisotopic (exact) mass is 404 g/mol. The number of hydrogen-bond acceptors (Lipinski definition) is 1. The molecular formula is C23H21BrN2. The van der Waals surface area contributed by atoms with Crippen LogP contribution in [0.5, 0.6) is 0 Å². The molecule has 3 rings (SSSR count). The molecule has 0 unspecified atom stereocenters. The van der Waals surface area contributed by atoms with Crippen LogP contribution in [-0.2, 0) is 0 Å². The Labute approximate surface area is 163 Å². The lowest BCUT2D eigenvalue weighted by molar-refractivity contribution is 0.962. The van der Waals surface area contributed by atoms with Gasteiger partial charge in [0.1, 0.15) is 0 Å². The van der Waals surface area contributed by atoms with Gasteiger partial charge < -0.3 is 4.57 Å². The molecule has 0 aliphatic carbocycles. The number of hydrogen-bond donors (Lipinski definition) is 0. The highest BCUT2D eigenvalue weighted by molar-refractivity contribution is 9.10. The van der Waals surface area contributed by atoms with Gasteiger partial charge in [0.25, 0.3) is 0 Å². The van der Waals surface area contributed by atoms with E-state index in [-0.39, 0.29) is 0 Å². The number of benzene rings is 2.